The van der Waals surface area contributed by atoms with Gasteiger partial charge in [0.05, 0.1) is 11.4 Å². The van der Waals surface area contributed by atoms with Gasteiger partial charge in [0.1, 0.15) is 0 Å². The highest BCUT2D eigenvalue weighted by molar-refractivity contribution is 5.83. The first-order chi connectivity index (χ1) is 28.2. The second kappa shape index (κ2) is 15.0. The fourth-order valence-electron chi connectivity index (χ4n) is 7.58. The Hall–Kier alpha value is -7.50. The van der Waals surface area contributed by atoms with Gasteiger partial charge in [0.2, 0.25) is 0 Å². The van der Waals surface area contributed by atoms with E-state index in [-0.39, 0.29) is 5.92 Å². The predicted octanol–water partition coefficient (Wildman–Crippen LogP) is 12.6. The molecule has 1 aliphatic carbocycles. The number of allylic oxidation sites excluding steroid dienone is 4. The highest BCUT2D eigenvalue weighted by atomic mass is 15.3. The molecule has 0 radical (unpaired) electrons. The van der Waals surface area contributed by atoms with Crippen LogP contribution in [0.4, 0.5) is 0 Å². The first-order valence-corrected chi connectivity index (χ1v) is 19.3. The Morgan fingerprint density at radius 1 is 0.439 bits per heavy atom. The van der Waals surface area contributed by atoms with Crippen LogP contribution >= 0.6 is 0 Å². The molecule has 270 valence electrons. The lowest BCUT2D eigenvalue weighted by atomic mass is 9.90. The third-order valence-corrected chi connectivity index (χ3v) is 10.6. The Labute approximate surface area is 332 Å². The van der Waals surface area contributed by atoms with Crippen LogP contribution in [0.15, 0.2) is 206 Å². The van der Waals surface area contributed by atoms with Crippen molar-refractivity contribution < 1.29 is 0 Å². The normalized spacial score (nSPS) is 13.8. The zero-order valence-corrected chi connectivity index (χ0v) is 31.2. The van der Waals surface area contributed by atoms with E-state index in [0.29, 0.717) is 5.82 Å². The summed E-state index contributed by atoms with van der Waals surface area (Å²) in [5.41, 5.74) is 14.9. The van der Waals surface area contributed by atoms with Crippen molar-refractivity contribution in [3.8, 4) is 67.4 Å². The third kappa shape index (κ3) is 6.99. The van der Waals surface area contributed by atoms with Gasteiger partial charge >= 0.3 is 0 Å². The molecule has 0 spiro atoms. The number of rotatable bonds is 8. The second-order valence-electron chi connectivity index (χ2n) is 14.3. The lowest BCUT2D eigenvalue weighted by Crippen LogP contribution is -2.05. The molecule has 57 heavy (non-hydrogen) atoms. The fraction of sp³-hybridized carbons (Fsp3) is 0.0385. The molecule has 0 bridgehead atoms. The molecule has 5 nitrogen and oxygen atoms in total. The molecule has 0 aliphatic heterocycles. The summed E-state index contributed by atoms with van der Waals surface area (Å²) < 4.78 is 1.91. The number of nitrogens with zero attached hydrogens (tertiary/aromatic N) is 5. The monoisotopic (exact) mass is 731 g/mol. The van der Waals surface area contributed by atoms with Crippen LogP contribution in [0.25, 0.3) is 78.6 Å². The van der Waals surface area contributed by atoms with Crippen molar-refractivity contribution in [1.82, 2.24) is 24.6 Å². The summed E-state index contributed by atoms with van der Waals surface area (Å²) in [6.45, 7) is 0. The zero-order chi connectivity index (χ0) is 38.0. The average molecular weight is 732 g/mol. The van der Waals surface area contributed by atoms with Crippen molar-refractivity contribution in [2.75, 3.05) is 0 Å². The topological polar surface area (TPSA) is 56.0 Å². The molecule has 0 saturated heterocycles. The van der Waals surface area contributed by atoms with Crippen molar-refractivity contribution in [3.63, 3.8) is 0 Å². The van der Waals surface area contributed by atoms with E-state index in [1.807, 2.05) is 34.8 Å². The lowest BCUT2D eigenvalue weighted by Gasteiger charge is -2.18. The smallest absolute Gasteiger partial charge is 0.182 e. The molecule has 1 unspecified atom stereocenters. The van der Waals surface area contributed by atoms with Crippen LogP contribution in [0, 0.1) is 0 Å². The maximum atomic E-state index is 5.10. The number of pyridine rings is 1. The molecule has 6 aromatic carbocycles. The van der Waals surface area contributed by atoms with Gasteiger partial charge in [0.25, 0.3) is 0 Å². The zero-order valence-electron chi connectivity index (χ0n) is 31.2. The van der Waals surface area contributed by atoms with Gasteiger partial charge in [-0.2, -0.15) is 0 Å². The van der Waals surface area contributed by atoms with Crippen molar-refractivity contribution in [3.05, 3.63) is 218 Å². The molecule has 3 aromatic heterocycles. The Morgan fingerprint density at radius 2 is 0.965 bits per heavy atom. The third-order valence-electron chi connectivity index (χ3n) is 10.6. The molecule has 0 amide bonds. The van der Waals surface area contributed by atoms with Crippen LogP contribution in [0.3, 0.4) is 0 Å². The van der Waals surface area contributed by atoms with Gasteiger partial charge in [-0.05, 0) is 51.9 Å². The maximum absolute atomic E-state index is 5.10. The number of hydrogen-bond donors (Lipinski definition) is 0. The van der Waals surface area contributed by atoms with Gasteiger partial charge in [-0.15, -0.1) is 5.10 Å². The molecule has 10 rings (SSSR count). The van der Waals surface area contributed by atoms with E-state index in [0.717, 1.165) is 79.4 Å². The molecule has 1 aliphatic rings. The van der Waals surface area contributed by atoms with Gasteiger partial charge in [-0.25, -0.2) is 19.5 Å². The molecule has 0 fully saturated rings. The summed E-state index contributed by atoms with van der Waals surface area (Å²) in [6.07, 6.45) is 9.77. The lowest BCUT2D eigenvalue weighted by molar-refractivity contribution is 0.813. The standard InChI is InChI=1S/C52H37N5/c1-5-13-36(14-6-1)38-21-27-42(28-22-38)48-34-49(54-50(53-48)44-19-11-4-12-20-44)43-29-23-39(24-30-43)40-25-31-45(32-26-40)51-55-52-47(41-17-9-3-10-18-41)33-46(35-57(52)56-51)37-15-7-2-8-16-37/h1-27,29-35,42H,28H2. The minimum Gasteiger partial charge on any atom is -0.232 e. The molecule has 3 heterocycles. The Morgan fingerprint density at radius 3 is 1.58 bits per heavy atom. The predicted molar refractivity (Wildman–Crippen MR) is 232 cm³/mol. The number of aromatic nitrogens is 5. The molecule has 5 heteroatoms. The Kier molecular flexibility index (Phi) is 8.94. The minimum absolute atomic E-state index is 0.165. The van der Waals surface area contributed by atoms with E-state index < -0.39 is 0 Å². The van der Waals surface area contributed by atoms with E-state index in [1.165, 1.54) is 11.1 Å². The molecule has 0 N–H and O–H groups in total. The Balaban J connectivity index is 0.936. The largest absolute Gasteiger partial charge is 0.232 e. The van der Waals surface area contributed by atoms with Crippen molar-refractivity contribution in [1.29, 1.82) is 0 Å². The second-order valence-corrected chi connectivity index (χ2v) is 14.3. The first-order valence-electron chi connectivity index (χ1n) is 19.3. The molecule has 0 saturated carbocycles. The van der Waals surface area contributed by atoms with E-state index in [1.54, 1.807) is 0 Å². The van der Waals surface area contributed by atoms with Crippen molar-refractivity contribution in [2.45, 2.75) is 12.3 Å². The van der Waals surface area contributed by atoms with Crippen LogP contribution < -0.4 is 0 Å². The first kappa shape index (κ1) is 34.0. The van der Waals surface area contributed by atoms with Crippen LogP contribution in [-0.4, -0.2) is 24.6 Å². The summed E-state index contributed by atoms with van der Waals surface area (Å²) in [4.78, 5) is 15.2. The Bertz CT molecular complexity index is 2880. The average Bonchev–Trinajstić information content (AvgIpc) is 3.74. The number of benzene rings is 6. The van der Waals surface area contributed by atoms with Gasteiger partial charge in [0.15, 0.2) is 17.3 Å². The van der Waals surface area contributed by atoms with E-state index in [4.69, 9.17) is 20.1 Å². The number of fused-ring (bicyclic) bond motifs is 1. The summed E-state index contributed by atoms with van der Waals surface area (Å²) in [5, 5.41) is 4.98. The van der Waals surface area contributed by atoms with E-state index in [2.05, 4.69) is 176 Å². The van der Waals surface area contributed by atoms with Crippen molar-refractivity contribution >= 4 is 11.2 Å². The van der Waals surface area contributed by atoms with Gasteiger partial charge in [-0.3, -0.25) is 0 Å². The SMILES string of the molecule is C1=CC(c2cc(-c3ccc(-c4ccc(-c5nc6c(-c7ccccc7)cc(-c7ccccc7)cn6n5)cc4)cc3)nc(-c3ccccc3)n2)CC=C1c1ccccc1. The van der Waals surface area contributed by atoms with Crippen LogP contribution in [-0.2, 0) is 0 Å². The van der Waals surface area contributed by atoms with Gasteiger partial charge in [0, 0.05) is 39.9 Å². The minimum atomic E-state index is 0.165. The quantitative estimate of drug-likeness (QED) is 0.156. The van der Waals surface area contributed by atoms with Crippen LogP contribution in [0.1, 0.15) is 23.6 Å². The summed E-state index contributed by atoms with van der Waals surface area (Å²) in [6, 6.07) is 63.1. The highest BCUT2D eigenvalue weighted by Crippen LogP contribution is 2.35. The molecule has 9 aromatic rings. The van der Waals surface area contributed by atoms with Crippen LogP contribution in [0.2, 0.25) is 0 Å². The molecular weight excluding hydrogens is 695 g/mol. The fourth-order valence-corrected chi connectivity index (χ4v) is 7.58. The highest BCUT2D eigenvalue weighted by Gasteiger charge is 2.18. The maximum Gasteiger partial charge on any atom is 0.182 e. The molecule has 1 atom stereocenters. The van der Waals surface area contributed by atoms with Crippen LogP contribution in [0.5, 0.6) is 0 Å². The van der Waals surface area contributed by atoms with Gasteiger partial charge < -0.3 is 0 Å². The molecular formula is C52H37N5. The van der Waals surface area contributed by atoms with Crippen molar-refractivity contribution in [2.24, 2.45) is 0 Å². The number of hydrogen-bond acceptors (Lipinski definition) is 4. The van der Waals surface area contributed by atoms with E-state index in [9.17, 15) is 0 Å². The summed E-state index contributed by atoms with van der Waals surface area (Å²) >= 11 is 0. The van der Waals surface area contributed by atoms with E-state index >= 15 is 0 Å². The van der Waals surface area contributed by atoms with Gasteiger partial charge in [-0.1, -0.05) is 188 Å². The summed E-state index contributed by atoms with van der Waals surface area (Å²) in [5.74, 6) is 1.59. The summed E-state index contributed by atoms with van der Waals surface area (Å²) in [7, 11) is 0.